The number of benzene rings is 2. The molecule has 0 unspecified atom stereocenters. The molecule has 2 N–H and O–H groups in total. The third-order valence-corrected chi connectivity index (χ3v) is 3.40. The van der Waals surface area contributed by atoms with Crippen molar-refractivity contribution < 1.29 is 4.39 Å². The van der Waals surface area contributed by atoms with Crippen molar-refractivity contribution >= 4 is 5.82 Å². The highest BCUT2D eigenvalue weighted by Gasteiger charge is 2.18. The Balaban J connectivity index is 2.19. The number of hydrogen-bond donors (Lipinski definition) is 1. The Morgan fingerprint density at radius 1 is 1.18 bits per heavy atom. The number of nitrogens with two attached hydrogens (primary N) is 1. The van der Waals surface area contributed by atoms with Gasteiger partial charge in [-0.15, -0.1) is 0 Å². The Morgan fingerprint density at radius 2 is 1.91 bits per heavy atom. The van der Waals surface area contributed by atoms with Gasteiger partial charge in [0.05, 0.1) is 5.69 Å². The summed E-state index contributed by atoms with van der Waals surface area (Å²) >= 11 is 0. The smallest absolute Gasteiger partial charge is 0.145 e. The summed E-state index contributed by atoms with van der Waals surface area (Å²) in [4.78, 5) is 0. The first kappa shape index (κ1) is 13.8. The van der Waals surface area contributed by atoms with Gasteiger partial charge in [-0.05, 0) is 48.9 Å². The first-order chi connectivity index (χ1) is 10.6. The molecule has 0 atom stereocenters. The van der Waals surface area contributed by atoms with Gasteiger partial charge in [-0.1, -0.05) is 12.1 Å². The molecule has 0 aliphatic heterocycles. The molecule has 0 radical (unpaired) electrons. The molecular formula is C17H13FN4. The van der Waals surface area contributed by atoms with E-state index in [1.54, 1.807) is 12.1 Å². The van der Waals surface area contributed by atoms with Crippen molar-refractivity contribution in [3.63, 3.8) is 0 Å². The Labute approximate surface area is 127 Å². The molecule has 3 rings (SSSR count). The van der Waals surface area contributed by atoms with Crippen LogP contribution in [0.4, 0.5) is 10.2 Å². The maximum atomic E-state index is 13.1. The minimum absolute atomic E-state index is 0.271. The molecule has 0 saturated heterocycles. The molecular weight excluding hydrogens is 279 g/mol. The standard InChI is InChI=1S/C17H13FN4/c1-11-3-2-4-14(9-11)22-17(20)15(10-19)16(21-22)12-5-7-13(18)8-6-12/h2-9H,20H2,1H3. The first-order valence-electron chi connectivity index (χ1n) is 6.71. The van der Waals surface area contributed by atoms with Crippen LogP contribution >= 0.6 is 0 Å². The van der Waals surface area contributed by atoms with E-state index in [-0.39, 0.29) is 17.2 Å². The minimum atomic E-state index is -0.339. The molecule has 0 spiro atoms. The number of halogens is 1. The van der Waals surface area contributed by atoms with E-state index in [0.717, 1.165) is 11.3 Å². The van der Waals surface area contributed by atoms with Gasteiger partial charge < -0.3 is 5.73 Å². The van der Waals surface area contributed by atoms with Crippen LogP contribution < -0.4 is 5.73 Å². The highest BCUT2D eigenvalue weighted by molar-refractivity contribution is 5.73. The lowest BCUT2D eigenvalue weighted by atomic mass is 10.1. The predicted molar refractivity (Wildman–Crippen MR) is 82.8 cm³/mol. The number of anilines is 1. The predicted octanol–water partition coefficient (Wildman–Crippen LogP) is 3.44. The Morgan fingerprint density at radius 3 is 2.55 bits per heavy atom. The molecule has 0 aliphatic carbocycles. The van der Waals surface area contributed by atoms with E-state index in [2.05, 4.69) is 11.2 Å². The second-order valence-electron chi connectivity index (χ2n) is 4.98. The maximum Gasteiger partial charge on any atom is 0.145 e. The number of nitriles is 1. The van der Waals surface area contributed by atoms with Crippen LogP contribution in [0.15, 0.2) is 48.5 Å². The summed E-state index contributed by atoms with van der Waals surface area (Å²) in [6.45, 7) is 1.97. The number of rotatable bonds is 2. The monoisotopic (exact) mass is 292 g/mol. The fourth-order valence-corrected chi connectivity index (χ4v) is 2.31. The molecule has 22 heavy (non-hydrogen) atoms. The molecule has 108 valence electrons. The summed E-state index contributed by atoms with van der Waals surface area (Å²) < 4.78 is 14.6. The lowest BCUT2D eigenvalue weighted by Gasteiger charge is -2.04. The topological polar surface area (TPSA) is 67.6 Å². The van der Waals surface area contributed by atoms with Crippen LogP contribution in [-0.2, 0) is 0 Å². The van der Waals surface area contributed by atoms with E-state index in [1.807, 2.05) is 31.2 Å². The van der Waals surface area contributed by atoms with Crippen molar-refractivity contribution in [1.82, 2.24) is 9.78 Å². The summed E-state index contributed by atoms with van der Waals surface area (Å²) in [5, 5.41) is 13.8. The SMILES string of the molecule is Cc1cccc(-n2nc(-c3ccc(F)cc3)c(C#N)c2N)c1. The largest absolute Gasteiger partial charge is 0.382 e. The Bertz CT molecular complexity index is 873. The van der Waals surface area contributed by atoms with Gasteiger partial charge in [-0.3, -0.25) is 0 Å². The molecule has 0 amide bonds. The van der Waals surface area contributed by atoms with Gasteiger partial charge in [0.25, 0.3) is 0 Å². The van der Waals surface area contributed by atoms with Crippen molar-refractivity contribution in [2.45, 2.75) is 6.92 Å². The lowest BCUT2D eigenvalue weighted by molar-refractivity contribution is 0.628. The van der Waals surface area contributed by atoms with E-state index in [4.69, 9.17) is 5.73 Å². The zero-order valence-electron chi connectivity index (χ0n) is 11.9. The molecule has 0 bridgehead atoms. The zero-order valence-corrected chi connectivity index (χ0v) is 11.9. The van der Waals surface area contributed by atoms with Gasteiger partial charge >= 0.3 is 0 Å². The zero-order chi connectivity index (χ0) is 15.7. The summed E-state index contributed by atoms with van der Waals surface area (Å²) in [6, 6.07) is 15.6. The van der Waals surface area contributed by atoms with Crippen LogP contribution in [0.2, 0.25) is 0 Å². The third-order valence-electron chi connectivity index (χ3n) is 3.40. The maximum absolute atomic E-state index is 13.1. The number of nitrogen functional groups attached to an aromatic ring is 1. The lowest BCUT2D eigenvalue weighted by Crippen LogP contribution is -2.02. The van der Waals surface area contributed by atoms with E-state index >= 15 is 0 Å². The molecule has 0 saturated carbocycles. The van der Waals surface area contributed by atoms with Crippen LogP contribution in [0.1, 0.15) is 11.1 Å². The van der Waals surface area contributed by atoms with Crippen molar-refractivity contribution in [1.29, 1.82) is 5.26 Å². The second-order valence-corrected chi connectivity index (χ2v) is 4.98. The Kier molecular flexibility index (Phi) is 3.36. The highest BCUT2D eigenvalue weighted by Crippen LogP contribution is 2.28. The number of aryl methyl sites for hydroxylation is 1. The van der Waals surface area contributed by atoms with Gasteiger partial charge in [-0.25, -0.2) is 9.07 Å². The average Bonchev–Trinajstić information content (AvgIpc) is 2.85. The van der Waals surface area contributed by atoms with Crippen LogP contribution in [0.3, 0.4) is 0 Å². The second kappa shape index (κ2) is 5.34. The Hall–Kier alpha value is -3.13. The molecule has 2 aromatic carbocycles. The summed E-state index contributed by atoms with van der Waals surface area (Å²) in [7, 11) is 0. The van der Waals surface area contributed by atoms with Crippen LogP contribution in [0.25, 0.3) is 16.9 Å². The van der Waals surface area contributed by atoms with Gasteiger partial charge in [-0.2, -0.15) is 10.4 Å². The van der Waals surface area contributed by atoms with Gasteiger partial charge in [0.1, 0.15) is 29.0 Å². The number of aromatic nitrogens is 2. The average molecular weight is 292 g/mol. The third kappa shape index (κ3) is 2.31. The van der Waals surface area contributed by atoms with E-state index in [9.17, 15) is 9.65 Å². The van der Waals surface area contributed by atoms with Crippen molar-refractivity contribution in [3.05, 3.63) is 65.5 Å². The van der Waals surface area contributed by atoms with E-state index in [1.165, 1.54) is 16.8 Å². The number of hydrogen-bond acceptors (Lipinski definition) is 3. The first-order valence-corrected chi connectivity index (χ1v) is 6.71. The van der Waals surface area contributed by atoms with Crippen LogP contribution in [0, 0.1) is 24.1 Å². The van der Waals surface area contributed by atoms with Crippen molar-refractivity contribution in [3.8, 4) is 23.0 Å². The van der Waals surface area contributed by atoms with E-state index in [0.29, 0.717) is 11.3 Å². The normalized spacial score (nSPS) is 10.4. The molecule has 0 aliphatic rings. The van der Waals surface area contributed by atoms with Crippen LogP contribution in [-0.4, -0.2) is 9.78 Å². The fraction of sp³-hybridized carbons (Fsp3) is 0.0588. The van der Waals surface area contributed by atoms with Gasteiger partial charge in [0, 0.05) is 5.56 Å². The van der Waals surface area contributed by atoms with E-state index < -0.39 is 0 Å². The molecule has 3 aromatic rings. The quantitative estimate of drug-likeness (QED) is 0.786. The van der Waals surface area contributed by atoms with Crippen molar-refractivity contribution in [2.24, 2.45) is 0 Å². The van der Waals surface area contributed by atoms with Gasteiger partial charge in [0.2, 0.25) is 0 Å². The molecule has 5 heteroatoms. The summed E-state index contributed by atoms with van der Waals surface area (Å²) in [5.41, 5.74) is 9.29. The molecule has 0 fully saturated rings. The minimum Gasteiger partial charge on any atom is -0.382 e. The van der Waals surface area contributed by atoms with Gasteiger partial charge in [0.15, 0.2) is 0 Å². The summed E-state index contributed by atoms with van der Waals surface area (Å²) in [5.74, 6) is -0.0687. The van der Waals surface area contributed by atoms with Crippen LogP contribution in [0.5, 0.6) is 0 Å². The molecule has 1 aromatic heterocycles. The summed E-state index contributed by atoms with van der Waals surface area (Å²) in [6.07, 6.45) is 0. The molecule has 4 nitrogen and oxygen atoms in total. The molecule has 1 heterocycles. The van der Waals surface area contributed by atoms with Crippen molar-refractivity contribution in [2.75, 3.05) is 5.73 Å². The number of nitrogens with zero attached hydrogens (tertiary/aromatic N) is 3. The highest BCUT2D eigenvalue weighted by atomic mass is 19.1. The fourth-order valence-electron chi connectivity index (χ4n) is 2.31.